The van der Waals surface area contributed by atoms with Gasteiger partial charge in [-0.05, 0) is 24.6 Å². The number of aliphatic hydroxyl groups excluding tert-OH is 1. The van der Waals surface area contributed by atoms with Crippen LogP contribution >= 0.6 is 0 Å². The minimum atomic E-state index is -0.438. The molecular formula is C13H19N3O2. The van der Waals surface area contributed by atoms with Crippen LogP contribution < -0.4 is 0 Å². The van der Waals surface area contributed by atoms with Gasteiger partial charge in [0.2, 0.25) is 5.91 Å². The van der Waals surface area contributed by atoms with Crippen LogP contribution in [0, 0.1) is 0 Å². The molecule has 1 N–H and O–H groups in total. The fourth-order valence-electron chi connectivity index (χ4n) is 2.44. The second-order valence-electron chi connectivity index (χ2n) is 4.79. The Hall–Kier alpha value is -1.46. The Kier molecular flexibility index (Phi) is 3.93. The molecule has 1 aromatic heterocycles. The molecule has 2 unspecified atom stereocenters. The van der Waals surface area contributed by atoms with Gasteiger partial charge in [0.25, 0.3) is 0 Å². The van der Waals surface area contributed by atoms with Gasteiger partial charge in [0.15, 0.2) is 0 Å². The monoisotopic (exact) mass is 249 g/mol. The van der Waals surface area contributed by atoms with Crippen LogP contribution in [-0.2, 0) is 11.3 Å². The molecule has 0 spiro atoms. The topological polar surface area (TPSA) is 56.7 Å². The fraction of sp³-hybridized carbons (Fsp3) is 0.538. The first-order valence-electron chi connectivity index (χ1n) is 6.14. The highest BCUT2D eigenvalue weighted by atomic mass is 16.3. The van der Waals surface area contributed by atoms with Gasteiger partial charge in [0.1, 0.15) is 6.04 Å². The van der Waals surface area contributed by atoms with Crippen molar-refractivity contribution in [2.24, 2.45) is 0 Å². The first kappa shape index (κ1) is 13.0. The molecule has 5 heteroatoms. The summed E-state index contributed by atoms with van der Waals surface area (Å²) < 4.78 is 0. The first-order chi connectivity index (χ1) is 8.63. The molecule has 0 aliphatic carbocycles. The molecule has 1 saturated heterocycles. The van der Waals surface area contributed by atoms with Crippen LogP contribution in [0.1, 0.15) is 12.5 Å². The Morgan fingerprint density at radius 1 is 1.44 bits per heavy atom. The highest BCUT2D eigenvalue weighted by molar-refractivity contribution is 5.82. The predicted octanol–water partition coefficient (Wildman–Crippen LogP) is 0.105. The summed E-state index contributed by atoms with van der Waals surface area (Å²) in [6.45, 7) is 3.29. The average molecular weight is 249 g/mol. The third-order valence-electron chi connectivity index (χ3n) is 3.45. The lowest BCUT2D eigenvalue weighted by atomic mass is 10.1. The summed E-state index contributed by atoms with van der Waals surface area (Å²) in [5, 5.41) is 9.44. The van der Waals surface area contributed by atoms with E-state index in [9.17, 15) is 9.90 Å². The smallest absolute Gasteiger partial charge is 0.242 e. The Morgan fingerprint density at radius 2 is 2.11 bits per heavy atom. The van der Waals surface area contributed by atoms with Crippen LogP contribution in [-0.4, -0.2) is 58.1 Å². The Morgan fingerprint density at radius 3 is 2.72 bits per heavy atom. The second kappa shape index (κ2) is 5.46. The van der Waals surface area contributed by atoms with E-state index in [0.717, 1.165) is 5.56 Å². The maximum Gasteiger partial charge on any atom is 0.242 e. The van der Waals surface area contributed by atoms with Crippen LogP contribution in [0.4, 0.5) is 0 Å². The van der Waals surface area contributed by atoms with Gasteiger partial charge in [-0.3, -0.25) is 14.7 Å². The minimum Gasteiger partial charge on any atom is -0.394 e. The summed E-state index contributed by atoms with van der Waals surface area (Å²) in [5.41, 5.74) is 1.10. The number of nitrogens with zero attached hydrogens (tertiary/aromatic N) is 3. The minimum absolute atomic E-state index is 0.00958. The van der Waals surface area contributed by atoms with Gasteiger partial charge in [-0.1, -0.05) is 0 Å². The van der Waals surface area contributed by atoms with Crippen molar-refractivity contribution >= 4 is 5.91 Å². The molecule has 2 atom stereocenters. The molecule has 0 saturated carbocycles. The first-order valence-corrected chi connectivity index (χ1v) is 6.14. The fourth-order valence-corrected chi connectivity index (χ4v) is 2.44. The molecule has 1 fully saturated rings. The van der Waals surface area contributed by atoms with Gasteiger partial charge >= 0.3 is 0 Å². The molecule has 0 radical (unpaired) electrons. The van der Waals surface area contributed by atoms with Crippen molar-refractivity contribution in [1.82, 2.24) is 14.8 Å². The molecule has 1 aromatic rings. The highest BCUT2D eigenvalue weighted by Gasteiger charge is 2.36. The SMILES string of the molecule is CC1CN(C)C(=O)C(CO)N1Cc1ccncc1. The number of aliphatic hydroxyl groups is 1. The number of aromatic nitrogens is 1. The Labute approximate surface area is 107 Å². The van der Waals surface area contributed by atoms with E-state index in [1.807, 2.05) is 12.1 Å². The number of hydrogen-bond acceptors (Lipinski definition) is 4. The lowest BCUT2D eigenvalue weighted by molar-refractivity contribution is -0.145. The molecule has 98 valence electrons. The number of piperazine rings is 1. The number of carbonyl (C=O) groups is 1. The molecule has 2 rings (SSSR count). The molecule has 5 nitrogen and oxygen atoms in total. The predicted molar refractivity (Wildman–Crippen MR) is 67.8 cm³/mol. The standard InChI is InChI=1S/C13H19N3O2/c1-10-7-15(2)13(18)12(9-17)16(10)8-11-3-5-14-6-4-11/h3-6,10,12,17H,7-9H2,1-2H3. The van der Waals surface area contributed by atoms with Gasteiger partial charge in [0, 0.05) is 38.6 Å². The van der Waals surface area contributed by atoms with Crippen LogP contribution in [0.5, 0.6) is 0 Å². The lowest BCUT2D eigenvalue weighted by Gasteiger charge is -2.43. The number of hydrogen-bond donors (Lipinski definition) is 1. The van der Waals surface area contributed by atoms with Gasteiger partial charge in [-0.2, -0.15) is 0 Å². The molecule has 1 aliphatic heterocycles. The largest absolute Gasteiger partial charge is 0.394 e. The number of rotatable bonds is 3. The Bertz CT molecular complexity index is 410. The molecule has 0 bridgehead atoms. The summed E-state index contributed by atoms with van der Waals surface area (Å²) in [5.74, 6) is -0.00958. The lowest BCUT2D eigenvalue weighted by Crippen LogP contribution is -2.60. The molecule has 18 heavy (non-hydrogen) atoms. The third-order valence-corrected chi connectivity index (χ3v) is 3.45. The van der Waals surface area contributed by atoms with Gasteiger partial charge in [-0.25, -0.2) is 0 Å². The zero-order chi connectivity index (χ0) is 13.1. The van der Waals surface area contributed by atoms with Crippen molar-refractivity contribution in [3.05, 3.63) is 30.1 Å². The average Bonchev–Trinajstić information content (AvgIpc) is 2.37. The number of carbonyl (C=O) groups excluding carboxylic acids is 1. The van der Waals surface area contributed by atoms with Crippen molar-refractivity contribution < 1.29 is 9.90 Å². The van der Waals surface area contributed by atoms with Crippen LogP contribution in [0.3, 0.4) is 0 Å². The van der Waals surface area contributed by atoms with Crippen molar-refractivity contribution in [2.75, 3.05) is 20.2 Å². The second-order valence-corrected chi connectivity index (χ2v) is 4.79. The van der Waals surface area contributed by atoms with E-state index in [1.54, 1.807) is 24.3 Å². The van der Waals surface area contributed by atoms with Crippen molar-refractivity contribution in [2.45, 2.75) is 25.6 Å². The summed E-state index contributed by atoms with van der Waals surface area (Å²) in [4.78, 5) is 19.7. The van der Waals surface area contributed by atoms with Crippen LogP contribution in [0.2, 0.25) is 0 Å². The van der Waals surface area contributed by atoms with E-state index in [1.165, 1.54) is 0 Å². The van der Waals surface area contributed by atoms with E-state index in [0.29, 0.717) is 13.1 Å². The summed E-state index contributed by atoms with van der Waals surface area (Å²) in [6, 6.07) is 3.67. The molecule has 2 heterocycles. The summed E-state index contributed by atoms with van der Waals surface area (Å²) >= 11 is 0. The van der Waals surface area contributed by atoms with Crippen molar-refractivity contribution in [1.29, 1.82) is 0 Å². The van der Waals surface area contributed by atoms with E-state index >= 15 is 0 Å². The van der Waals surface area contributed by atoms with Gasteiger partial charge in [-0.15, -0.1) is 0 Å². The number of amides is 1. The van der Waals surface area contributed by atoms with Crippen LogP contribution in [0.15, 0.2) is 24.5 Å². The van der Waals surface area contributed by atoms with Crippen molar-refractivity contribution in [3.63, 3.8) is 0 Å². The number of pyridine rings is 1. The normalized spacial score (nSPS) is 25.5. The molecule has 0 aromatic carbocycles. The quantitative estimate of drug-likeness (QED) is 0.826. The maximum absolute atomic E-state index is 12.0. The zero-order valence-corrected chi connectivity index (χ0v) is 10.8. The third kappa shape index (κ3) is 2.52. The van der Waals surface area contributed by atoms with E-state index in [4.69, 9.17) is 0 Å². The van der Waals surface area contributed by atoms with Crippen LogP contribution in [0.25, 0.3) is 0 Å². The van der Waals surface area contributed by atoms with Gasteiger partial charge in [0.05, 0.1) is 6.61 Å². The van der Waals surface area contributed by atoms with E-state index < -0.39 is 6.04 Å². The maximum atomic E-state index is 12.0. The molecular weight excluding hydrogens is 230 g/mol. The van der Waals surface area contributed by atoms with Gasteiger partial charge < -0.3 is 10.0 Å². The van der Waals surface area contributed by atoms with E-state index in [2.05, 4.69) is 16.8 Å². The zero-order valence-electron chi connectivity index (χ0n) is 10.8. The van der Waals surface area contributed by atoms with Crippen molar-refractivity contribution in [3.8, 4) is 0 Å². The molecule has 1 aliphatic rings. The highest BCUT2D eigenvalue weighted by Crippen LogP contribution is 2.18. The summed E-state index contributed by atoms with van der Waals surface area (Å²) in [6.07, 6.45) is 3.48. The molecule has 1 amide bonds. The Balaban J connectivity index is 2.16. The summed E-state index contributed by atoms with van der Waals surface area (Å²) in [7, 11) is 1.78. The van der Waals surface area contributed by atoms with E-state index in [-0.39, 0.29) is 18.6 Å². The number of likely N-dealkylation sites (N-methyl/N-ethyl adjacent to an activating group) is 1.